The van der Waals surface area contributed by atoms with Crippen LogP contribution in [0, 0.1) is 6.92 Å². The average Bonchev–Trinajstić information content (AvgIpc) is 2.68. The second-order valence-electron chi connectivity index (χ2n) is 7.40. The van der Waals surface area contributed by atoms with Crippen molar-refractivity contribution < 1.29 is 14.3 Å². The number of methoxy groups -OCH3 is 1. The molecule has 0 unspecified atom stereocenters. The van der Waals surface area contributed by atoms with E-state index in [-0.39, 0.29) is 17.6 Å². The number of aromatic nitrogens is 1. The third-order valence-corrected chi connectivity index (χ3v) is 5.84. The van der Waals surface area contributed by atoms with Gasteiger partial charge in [-0.3, -0.25) is 9.78 Å². The average molecular weight is 354 g/mol. The van der Waals surface area contributed by atoms with Crippen molar-refractivity contribution in [3.05, 3.63) is 41.6 Å². The quantitative estimate of drug-likeness (QED) is 0.830. The first-order valence-corrected chi connectivity index (χ1v) is 9.45. The van der Waals surface area contributed by atoms with E-state index in [0.29, 0.717) is 13.1 Å². The summed E-state index contributed by atoms with van der Waals surface area (Å²) in [5, 5.41) is 0.923. The predicted octanol–water partition coefficient (Wildman–Crippen LogP) is 3.34. The Morgan fingerprint density at radius 1 is 1.31 bits per heavy atom. The number of aryl methyl sites for hydroxylation is 1. The van der Waals surface area contributed by atoms with Gasteiger partial charge in [-0.2, -0.15) is 0 Å². The predicted molar refractivity (Wildman–Crippen MR) is 100 cm³/mol. The molecular weight excluding hydrogens is 328 g/mol. The minimum Gasteiger partial charge on any atom is -0.378 e. The summed E-state index contributed by atoms with van der Waals surface area (Å²) in [6.07, 6.45) is 3.89. The molecule has 26 heavy (non-hydrogen) atoms. The van der Waals surface area contributed by atoms with E-state index >= 15 is 0 Å². The van der Waals surface area contributed by atoms with Gasteiger partial charge in [-0.25, -0.2) is 0 Å². The maximum Gasteiger partial charge on any atom is 0.254 e. The van der Waals surface area contributed by atoms with Crippen LogP contribution in [0.1, 0.15) is 41.7 Å². The van der Waals surface area contributed by atoms with Crippen LogP contribution in [0.15, 0.2) is 30.3 Å². The standard InChI is InChI=1S/C21H26N2O3/c1-15-14-17(16-6-3-4-7-18(16)22-15)20(24)23-11-9-21(10-12-23)19(25-2)8-5-13-26-21/h3-4,6-7,14,19H,5,8-13H2,1-2H3/t19-/m1/s1. The molecule has 0 radical (unpaired) electrons. The monoisotopic (exact) mass is 354 g/mol. The Morgan fingerprint density at radius 3 is 2.85 bits per heavy atom. The third kappa shape index (κ3) is 2.99. The van der Waals surface area contributed by atoms with Crippen molar-refractivity contribution in [3.8, 4) is 0 Å². The smallest absolute Gasteiger partial charge is 0.254 e. The van der Waals surface area contributed by atoms with Crippen molar-refractivity contribution >= 4 is 16.8 Å². The molecule has 1 atom stereocenters. The highest BCUT2D eigenvalue weighted by atomic mass is 16.5. The first kappa shape index (κ1) is 17.4. The van der Waals surface area contributed by atoms with Crippen molar-refractivity contribution in [2.24, 2.45) is 0 Å². The Morgan fingerprint density at radius 2 is 2.08 bits per heavy atom. The molecule has 0 N–H and O–H groups in total. The lowest BCUT2D eigenvalue weighted by molar-refractivity contribution is -0.183. The van der Waals surface area contributed by atoms with E-state index in [1.165, 1.54) is 0 Å². The summed E-state index contributed by atoms with van der Waals surface area (Å²) in [6, 6.07) is 9.76. The number of benzene rings is 1. The van der Waals surface area contributed by atoms with Crippen molar-refractivity contribution in [2.45, 2.75) is 44.3 Å². The molecule has 0 bridgehead atoms. The van der Waals surface area contributed by atoms with Crippen LogP contribution in [0.25, 0.3) is 10.9 Å². The van der Waals surface area contributed by atoms with Gasteiger partial charge in [0.05, 0.1) is 22.8 Å². The molecule has 0 saturated carbocycles. The highest BCUT2D eigenvalue weighted by molar-refractivity contribution is 6.06. The number of likely N-dealkylation sites (tertiary alicyclic amines) is 1. The molecule has 1 aromatic heterocycles. The zero-order valence-corrected chi connectivity index (χ0v) is 15.5. The number of ether oxygens (including phenoxy) is 2. The normalized spacial score (nSPS) is 22.7. The van der Waals surface area contributed by atoms with Gasteiger partial charge in [-0.15, -0.1) is 0 Å². The number of rotatable bonds is 2. The molecule has 5 nitrogen and oxygen atoms in total. The van der Waals surface area contributed by atoms with Gasteiger partial charge >= 0.3 is 0 Å². The fourth-order valence-corrected chi connectivity index (χ4v) is 4.44. The minimum atomic E-state index is -0.222. The number of hydrogen-bond acceptors (Lipinski definition) is 4. The summed E-state index contributed by atoms with van der Waals surface area (Å²) in [6.45, 7) is 4.14. The van der Waals surface area contributed by atoms with Gasteiger partial charge in [0.1, 0.15) is 0 Å². The molecule has 2 aliphatic heterocycles. The molecular formula is C21H26N2O3. The molecule has 2 saturated heterocycles. The summed E-state index contributed by atoms with van der Waals surface area (Å²) in [7, 11) is 1.77. The Labute approximate surface area is 154 Å². The topological polar surface area (TPSA) is 51.7 Å². The van der Waals surface area contributed by atoms with Crippen LogP contribution < -0.4 is 0 Å². The number of amides is 1. The van der Waals surface area contributed by atoms with Gasteiger partial charge in [0.25, 0.3) is 5.91 Å². The number of piperidine rings is 1. The Kier molecular flexibility index (Phi) is 4.67. The van der Waals surface area contributed by atoms with E-state index in [4.69, 9.17) is 9.47 Å². The summed E-state index contributed by atoms with van der Waals surface area (Å²) < 4.78 is 11.9. The lowest BCUT2D eigenvalue weighted by atomic mass is 9.81. The van der Waals surface area contributed by atoms with Crippen LogP contribution in [0.5, 0.6) is 0 Å². The van der Waals surface area contributed by atoms with Crippen LogP contribution in [0.4, 0.5) is 0 Å². The zero-order valence-electron chi connectivity index (χ0n) is 15.5. The van der Waals surface area contributed by atoms with Crippen LogP contribution in [0.2, 0.25) is 0 Å². The highest BCUT2D eigenvalue weighted by Crippen LogP contribution is 2.37. The molecule has 138 valence electrons. The van der Waals surface area contributed by atoms with E-state index in [0.717, 1.165) is 54.5 Å². The van der Waals surface area contributed by atoms with Crippen LogP contribution in [0.3, 0.4) is 0 Å². The second kappa shape index (κ2) is 6.97. The van der Waals surface area contributed by atoms with Crippen molar-refractivity contribution in [2.75, 3.05) is 26.8 Å². The molecule has 1 aromatic carbocycles. The van der Waals surface area contributed by atoms with Crippen LogP contribution in [-0.4, -0.2) is 54.3 Å². The van der Waals surface area contributed by atoms with E-state index in [1.54, 1.807) is 7.11 Å². The van der Waals surface area contributed by atoms with E-state index in [1.807, 2.05) is 42.2 Å². The molecule has 4 rings (SSSR count). The number of fused-ring (bicyclic) bond motifs is 1. The molecule has 5 heteroatoms. The van der Waals surface area contributed by atoms with Crippen LogP contribution in [-0.2, 0) is 9.47 Å². The molecule has 1 spiro atoms. The summed E-state index contributed by atoms with van der Waals surface area (Å²) in [5.74, 6) is 0.0892. The molecule has 2 aromatic rings. The molecule has 1 amide bonds. The van der Waals surface area contributed by atoms with Gasteiger partial charge in [-0.1, -0.05) is 18.2 Å². The van der Waals surface area contributed by atoms with Crippen molar-refractivity contribution in [1.29, 1.82) is 0 Å². The summed E-state index contributed by atoms with van der Waals surface area (Å²) in [4.78, 5) is 19.7. The fraction of sp³-hybridized carbons (Fsp3) is 0.524. The SMILES string of the molecule is CO[C@@H]1CCCOC12CCN(C(=O)c1cc(C)nc3ccccc13)CC2. The lowest BCUT2D eigenvalue weighted by Gasteiger charge is -2.48. The second-order valence-corrected chi connectivity index (χ2v) is 7.40. The number of carbonyl (C=O) groups is 1. The maximum atomic E-state index is 13.2. The van der Waals surface area contributed by atoms with E-state index in [9.17, 15) is 4.79 Å². The number of pyridine rings is 1. The third-order valence-electron chi connectivity index (χ3n) is 5.84. The van der Waals surface area contributed by atoms with Gasteiger partial charge < -0.3 is 14.4 Å². The molecule has 2 fully saturated rings. The highest BCUT2D eigenvalue weighted by Gasteiger charge is 2.45. The van der Waals surface area contributed by atoms with Crippen LogP contribution >= 0.6 is 0 Å². The van der Waals surface area contributed by atoms with Gasteiger partial charge in [0.2, 0.25) is 0 Å². The number of para-hydroxylation sites is 1. The van der Waals surface area contributed by atoms with Gasteiger partial charge in [0.15, 0.2) is 0 Å². The molecule has 3 heterocycles. The minimum absolute atomic E-state index is 0.0892. The zero-order chi connectivity index (χ0) is 18.1. The maximum absolute atomic E-state index is 13.2. The summed E-state index contributed by atoms with van der Waals surface area (Å²) >= 11 is 0. The Balaban J connectivity index is 1.56. The Bertz CT molecular complexity index is 812. The number of hydrogen-bond donors (Lipinski definition) is 0. The Hall–Kier alpha value is -1.98. The fourth-order valence-electron chi connectivity index (χ4n) is 4.44. The first-order valence-electron chi connectivity index (χ1n) is 9.45. The number of carbonyl (C=O) groups excluding carboxylic acids is 1. The first-order chi connectivity index (χ1) is 12.6. The number of nitrogens with zero attached hydrogens (tertiary/aromatic N) is 2. The largest absolute Gasteiger partial charge is 0.378 e. The summed E-state index contributed by atoms with van der Waals surface area (Å²) in [5.41, 5.74) is 2.27. The molecule has 2 aliphatic rings. The van der Waals surface area contributed by atoms with Crippen molar-refractivity contribution in [1.82, 2.24) is 9.88 Å². The molecule has 0 aliphatic carbocycles. The van der Waals surface area contributed by atoms with E-state index < -0.39 is 0 Å². The van der Waals surface area contributed by atoms with Crippen molar-refractivity contribution in [3.63, 3.8) is 0 Å². The lowest BCUT2D eigenvalue weighted by Crippen LogP contribution is -2.56. The van der Waals surface area contributed by atoms with Gasteiger partial charge in [0, 0.05) is 37.9 Å². The van der Waals surface area contributed by atoms with E-state index in [2.05, 4.69) is 4.98 Å². The van der Waals surface area contributed by atoms with Gasteiger partial charge in [-0.05, 0) is 44.7 Å².